The maximum absolute atomic E-state index is 12.6. The van der Waals surface area contributed by atoms with Gasteiger partial charge in [-0.05, 0) is 19.1 Å². The van der Waals surface area contributed by atoms with E-state index in [-0.39, 0.29) is 12.5 Å². The van der Waals surface area contributed by atoms with E-state index in [1.807, 2.05) is 0 Å². The van der Waals surface area contributed by atoms with Crippen LogP contribution in [0.25, 0.3) is 0 Å². The normalized spacial score (nSPS) is 16.1. The molecule has 1 unspecified atom stereocenters. The molecule has 9 nitrogen and oxygen atoms in total. The number of piperazine rings is 1. The lowest BCUT2D eigenvalue weighted by molar-refractivity contribution is -0.138. The van der Waals surface area contributed by atoms with Crippen LogP contribution in [0.4, 0.5) is 23.8 Å². The Morgan fingerprint density at radius 1 is 1.36 bits per heavy atom. The molecule has 0 saturated carbocycles. The monoisotopic (exact) mass is 403 g/mol. The fourth-order valence-electron chi connectivity index (χ4n) is 2.48. The second kappa shape index (κ2) is 9.24. The van der Waals surface area contributed by atoms with Gasteiger partial charge < -0.3 is 25.1 Å². The predicted octanol–water partition coefficient (Wildman–Crippen LogP) is 1.41. The van der Waals surface area contributed by atoms with Crippen LogP contribution >= 0.6 is 0 Å². The molecule has 0 aromatic carbocycles. The topological polar surface area (TPSA) is 107 Å². The molecular formula is C16H20F3N5O4. The van der Waals surface area contributed by atoms with Crippen LogP contribution in [-0.4, -0.2) is 72.0 Å². The summed E-state index contributed by atoms with van der Waals surface area (Å²) in [7, 11) is 0. The first-order chi connectivity index (χ1) is 13.2. The van der Waals surface area contributed by atoms with E-state index < -0.39 is 23.9 Å². The molecule has 0 spiro atoms. The molecule has 1 aromatic rings. The number of pyridine rings is 1. The third-order valence-corrected chi connectivity index (χ3v) is 3.93. The minimum atomic E-state index is -4.43. The minimum absolute atomic E-state index is 0.295. The van der Waals surface area contributed by atoms with E-state index in [4.69, 9.17) is 9.94 Å². The van der Waals surface area contributed by atoms with E-state index in [0.29, 0.717) is 32.0 Å². The van der Waals surface area contributed by atoms with Crippen molar-refractivity contribution in [3.8, 4) is 0 Å². The fraction of sp³-hybridized carbons (Fsp3) is 0.500. The van der Waals surface area contributed by atoms with Gasteiger partial charge in [0.05, 0.1) is 17.8 Å². The molecule has 2 amide bonds. The average Bonchev–Trinajstić information content (AvgIpc) is 2.64. The summed E-state index contributed by atoms with van der Waals surface area (Å²) in [6.07, 6.45) is -3.62. The second-order valence-electron chi connectivity index (χ2n) is 6.04. The Labute approximate surface area is 158 Å². The third-order valence-electron chi connectivity index (χ3n) is 3.93. The van der Waals surface area contributed by atoms with Gasteiger partial charge in [0.15, 0.2) is 6.61 Å². The molecule has 2 rings (SSSR count). The summed E-state index contributed by atoms with van der Waals surface area (Å²) in [5.74, 6) is 0.122. The van der Waals surface area contributed by atoms with Gasteiger partial charge in [-0.25, -0.2) is 9.78 Å². The van der Waals surface area contributed by atoms with Crippen LogP contribution in [0.3, 0.4) is 0 Å². The lowest BCUT2D eigenvalue weighted by atomic mass is 10.2. The molecule has 1 aromatic heterocycles. The molecule has 0 radical (unpaired) electrons. The second-order valence-corrected chi connectivity index (χ2v) is 6.04. The Hall–Kier alpha value is -3.05. The van der Waals surface area contributed by atoms with Crippen LogP contribution in [0, 0.1) is 0 Å². The zero-order valence-corrected chi connectivity index (χ0v) is 15.0. The van der Waals surface area contributed by atoms with Crippen molar-refractivity contribution in [3.05, 3.63) is 23.9 Å². The summed E-state index contributed by atoms with van der Waals surface area (Å²) in [6, 6.07) is 1.73. The van der Waals surface area contributed by atoms with E-state index >= 15 is 0 Å². The highest BCUT2D eigenvalue weighted by atomic mass is 19.4. The number of oxime groups is 1. The standard InChI is InChI=1S/C16H20F3N5O4/c1-11(22-15(26)27)8-21-28-10-14(25)24-6-4-23(5-7-24)13-3-2-12(9-20-13)16(17,18)19/h2-3,8-9,11,22H,4-7,10H2,1H3,(H,26,27)/b21-8+. The predicted molar refractivity (Wildman–Crippen MR) is 93.1 cm³/mol. The Bertz CT molecular complexity index is 703. The quantitative estimate of drug-likeness (QED) is 0.549. The van der Waals surface area contributed by atoms with Gasteiger partial charge in [0.25, 0.3) is 5.91 Å². The van der Waals surface area contributed by atoms with E-state index in [0.717, 1.165) is 12.3 Å². The lowest BCUT2D eigenvalue weighted by Gasteiger charge is -2.35. The molecule has 28 heavy (non-hydrogen) atoms. The Morgan fingerprint density at radius 3 is 2.57 bits per heavy atom. The summed E-state index contributed by atoms with van der Waals surface area (Å²) < 4.78 is 37.7. The minimum Gasteiger partial charge on any atom is -0.465 e. The molecule has 1 aliphatic heterocycles. The Morgan fingerprint density at radius 2 is 2.04 bits per heavy atom. The first kappa shape index (κ1) is 21.3. The number of rotatable bonds is 6. The number of amides is 2. The van der Waals surface area contributed by atoms with Crippen molar-refractivity contribution in [3.63, 3.8) is 0 Å². The van der Waals surface area contributed by atoms with Gasteiger partial charge in [-0.3, -0.25) is 4.79 Å². The molecule has 0 aliphatic carbocycles. The van der Waals surface area contributed by atoms with Gasteiger partial charge in [-0.2, -0.15) is 13.2 Å². The van der Waals surface area contributed by atoms with Gasteiger partial charge in [-0.15, -0.1) is 0 Å². The Balaban J connectivity index is 1.76. The molecule has 1 saturated heterocycles. The smallest absolute Gasteiger partial charge is 0.417 e. The average molecular weight is 403 g/mol. The number of carboxylic acid groups (broad SMARTS) is 1. The number of carbonyl (C=O) groups is 2. The molecule has 1 atom stereocenters. The summed E-state index contributed by atoms with van der Waals surface area (Å²) >= 11 is 0. The molecule has 154 valence electrons. The first-order valence-corrected chi connectivity index (χ1v) is 8.37. The highest BCUT2D eigenvalue weighted by Crippen LogP contribution is 2.29. The number of nitrogens with zero attached hydrogens (tertiary/aromatic N) is 4. The van der Waals surface area contributed by atoms with E-state index in [1.54, 1.807) is 16.7 Å². The van der Waals surface area contributed by atoms with Crippen LogP contribution in [0.2, 0.25) is 0 Å². The number of hydrogen-bond donors (Lipinski definition) is 2. The molecule has 12 heteroatoms. The van der Waals surface area contributed by atoms with Crippen molar-refractivity contribution >= 4 is 24.0 Å². The van der Waals surface area contributed by atoms with Crippen LogP contribution in [0.1, 0.15) is 12.5 Å². The van der Waals surface area contributed by atoms with E-state index in [2.05, 4.69) is 15.5 Å². The summed E-state index contributed by atoms with van der Waals surface area (Å²) in [6.45, 7) is 2.84. The van der Waals surface area contributed by atoms with Gasteiger partial charge in [0, 0.05) is 32.4 Å². The molecule has 2 heterocycles. The van der Waals surface area contributed by atoms with Crippen molar-refractivity contribution in [2.45, 2.75) is 19.1 Å². The van der Waals surface area contributed by atoms with Crippen LogP contribution in [-0.2, 0) is 15.8 Å². The largest absolute Gasteiger partial charge is 0.465 e. The van der Waals surface area contributed by atoms with Crippen molar-refractivity contribution in [1.29, 1.82) is 0 Å². The van der Waals surface area contributed by atoms with Gasteiger partial charge in [-0.1, -0.05) is 5.16 Å². The summed E-state index contributed by atoms with van der Waals surface area (Å²) in [4.78, 5) is 34.6. The van der Waals surface area contributed by atoms with Crippen molar-refractivity contribution in [2.24, 2.45) is 5.16 Å². The lowest BCUT2D eigenvalue weighted by Crippen LogP contribution is -2.50. The highest BCUT2D eigenvalue weighted by Gasteiger charge is 2.31. The highest BCUT2D eigenvalue weighted by molar-refractivity contribution is 5.78. The number of hydrogen-bond acceptors (Lipinski definition) is 6. The summed E-state index contributed by atoms with van der Waals surface area (Å²) in [5.41, 5.74) is -0.810. The van der Waals surface area contributed by atoms with E-state index in [1.165, 1.54) is 12.3 Å². The SMILES string of the molecule is CC(/C=N/OCC(=O)N1CCN(c2ccc(C(F)(F)F)cn2)CC1)NC(=O)O. The third kappa shape index (κ3) is 6.28. The van der Waals surface area contributed by atoms with Crippen molar-refractivity contribution in [1.82, 2.24) is 15.2 Å². The number of halogens is 3. The maximum atomic E-state index is 12.6. The number of carbonyl (C=O) groups excluding carboxylic acids is 1. The summed E-state index contributed by atoms with van der Waals surface area (Å²) in [5, 5.41) is 14.2. The van der Waals surface area contributed by atoms with Gasteiger partial charge >= 0.3 is 12.3 Å². The molecule has 1 aliphatic rings. The van der Waals surface area contributed by atoms with Crippen molar-refractivity contribution < 1.29 is 32.7 Å². The van der Waals surface area contributed by atoms with Crippen molar-refractivity contribution in [2.75, 3.05) is 37.7 Å². The number of nitrogens with one attached hydrogen (secondary N) is 1. The van der Waals surface area contributed by atoms with E-state index in [9.17, 15) is 22.8 Å². The molecule has 2 N–H and O–H groups in total. The number of alkyl halides is 3. The van der Waals surface area contributed by atoms with Crippen LogP contribution < -0.4 is 10.2 Å². The zero-order chi connectivity index (χ0) is 20.7. The van der Waals surface area contributed by atoms with Gasteiger partial charge in [0.1, 0.15) is 5.82 Å². The van der Waals surface area contributed by atoms with Crippen LogP contribution in [0.5, 0.6) is 0 Å². The Kier molecular flexibility index (Phi) is 7.01. The molecule has 0 bridgehead atoms. The van der Waals surface area contributed by atoms with Gasteiger partial charge in [0.2, 0.25) is 0 Å². The number of anilines is 1. The maximum Gasteiger partial charge on any atom is 0.417 e. The first-order valence-electron chi connectivity index (χ1n) is 8.37. The molecule has 1 fully saturated rings. The fourth-order valence-corrected chi connectivity index (χ4v) is 2.48. The molecular weight excluding hydrogens is 383 g/mol. The van der Waals surface area contributed by atoms with Crippen LogP contribution in [0.15, 0.2) is 23.5 Å². The number of aromatic nitrogens is 1. The zero-order valence-electron chi connectivity index (χ0n) is 15.0.